The van der Waals surface area contributed by atoms with Crippen LogP contribution in [-0.4, -0.2) is 56.6 Å². The first-order valence-corrected chi connectivity index (χ1v) is 15.5. The standard InChI is InChI=1S/C35H47N5O2/c1-4-5-6-7-14-24-36-35(42)38-30-20-15-21-31(39(2)3)32(30)34(41)37-29-22-25-40(26-23-29)33(27-16-10-8-11-17-27)28-18-12-9-13-19-28/h8-13,15-21,29,33H,4-7,14,22-26H2,1-3H3,(H,37,41)(H2,36,38,42). The fourth-order valence-corrected chi connectivity index (χ4v) is 5.80. The Bertz CT molecular complexity index is 1220. The molecule has 3 N–H and O–H groups in total. The second kappa shape index (κ2) is 16.0. The van der Waals surface area contributed by atoms with E-state index in [1.54, 1.807) is 6.07 Å². The van der Waals surface area contributed by atoms with E-state index in [0.29, 0.717) is 17.8 Å². The van der Waals surface area contributed by atoms with Gasteiger partial charge in [-0.3, -0.25) is 9.69 Å². The van der Waals surface area contributed by atoms with Crippen molar-refractivity contribution in [2.75, 3.05) is 43.9 Å². The third kappa shape index (κ3) is 8.58. The van der Waals surface area contributed by atoms with Crippen molar-refractivity contribution >= 4 is 23.3 Å². The van der Waals surface area contributed by atoms with E-state index in [1.807, 2.05) is 31.1 Å². The number of anilines is 2. The number of benzene rings is 3. The van der Waals surface area contributed by atoms with E-state index in [2.05, 4.69) is 88.4 Å². The number of urea groups is 1. The summed E-state index contributed by atoms with van der Waals surface area (Å²) in [5, 5.41) is 9.18. The number of likely N-dealkylation sites (tertiary alicyclic amines) is 1. The average molecular weight is 570 g/mol. The maximum absolute atomic E-state index is 13.7. The molecule has 1 heterocycles. The van der Waals surface area contributed by atoms with Crippen molar-refractivity contribution in [2.45, 2.75) is 64.0 Å². The normalized spacial score (nSPS) is 14.0. The van der Waals surface area contributed by atoms with Gasteiger partial charge in [-0.25, -0.2) is 4.79 Å². The van der Waals surface area contributed by atoms with Gasteiger partial charge in [0.2, 0.25) is 0 Å². The van der Waals surface area contributed by atoms with Crippen molar-refractivity contribution < 1.29 is 9.59 Å². The molecule has 3 aromatic carbocycles. The molecule has 0 unspecified atom stereocenters. The Morgan fingerprint density at radius 1 is 0.833 bits per heavy atom. The number of hydrogen-bond donors (Lipinski definition) is 3. The molecular formula is C35H47N5O2. The molecule has 0 bridgehead atoms. The first-order valence-electron chi connectivity index (χ1n) is 15.5. The summed E-state index contributed by atoms with van der Waals surface area (Å²) in [7, 11) is 3.83. The van der Waals surface area contributed by atoms with Crippen molar-refractivity contribution in [2.24, 2.45) is 0 Å². The van der Waals surface area contributed by atoms with Crippen LogP contribution in [-0.2, 0) is 0 Å². The van der Waals surface area contributed by atoms with Crippen LogP contribution < -0.4 is 20.9 Å². The number of amides is 3. The SMILES string of the molecule is CCCCCCCNC(=O)Nc1cccc(N(C)C)c1C(=O)NC1CCN(C(c2ccccc2)c2ccccc2)CC1. The molecule has 7 heteroatoms. The molecule has 1 saturated heterocycles. The van der Waals surface area contributed by atoms with Crippen molar-refractivity contribution in [1.29, 1.82) is 0 Å². The summed E-state index contributed by atoms with van der Waals surface area (Å²) in [4.78, 5) is 30.9. The van der Waals surface area contributed by atoms with Crippen LogP contribution in [0.2, 0.25) is 0 Å². The zero-order chi connectivity index (χ0) is 29.7. The molecule has 7 nitrogen and oxygen atoms in total. The molecule has 0 aliphatic carbocycles. The van der Waals surface area contributed by atoms with E-state index < -0.39 is 0 Å². The lowest BCUT2D eigenvalue weighted by Crippen LogP contribution is -2.46. The number of nitrogens with one attached hydrogen (secondary N) is 3. The fourth-order valence-electron chi connectivity index (χ4n) is 5.80. The number of rotatable bonds is 13. The summed E-state index contributed by atoms with van der Waals surface area (Å²) in [6.07, 6.45) is 7.37. The van der Waals surface area contributed by atoms with Gasteiger partial charge in [-0.05, 0) is 42.5 Å². The maximum atomic E-state index is 13.7. The molecule has 224 valence electrons. The van der Waals surface area contributed by atoms with E-state index in [4.69, 9.17) is 0 Å². The van der Waals surface area contributed by atoms with Gasteiger partial charge in [-0.15, -0.1) is 0 Å². The second-order valence-corrected chi connectivity index (χ2v) is 11.4. The van der Waals surface area contributed by atoms with Crippen LogP contribution in [0.1, 0.15) is 79.4 Å². The molecule has 0 aromatic heterocycles. The maximum Gasteiger partial charge on any atom is 0.319 e. The van der Waals surface area contributed by atoms with Crippen LogP contribution >= 0.6 is 0 Å². The summed E-state index contributed by atoms with van der Waals surface area (Å²) in [6.45, 7) is 4.56. The number of carbonyl (C=O) groups is 2. The third-order valence-corrected chi connectivity index (χ3v) is 8.03. The van der Waals surface area contributed by atoms with E-state index in [0.717, 1.165) is 44.5 Å². The van der Waals surface area contributed by atoms with Gasteiger partial charge in [0.15, 0.2) is 0 Å². The zero-order valence-electron chi connectivity index (χ0n) is 25.4. The second-order valence-electron chi connectivity index (χ2n) is 11.4. The Morgan fingerprint density at radius 3 is 2.05 bits per heavy atom. The quantitative estimate of drug-likeness (QED) is 0.197. The van der Waals surface area contributed by atoms with Crippen molar-refractivity contribution in [3.05, 3.63) is 95.6 Å². The Morgan fingerprint density at radius 2 is 1.45 bits per heavy atom. The predicted octanol–water partition coefficient (Wildman–Crippen LogP) is 6.83. The monoisotopic (exact) mass is 569 g/mol. The number of hydrogen-bond acceptors (Lipinski definition) is 4. The molecule has 1 fully saturated rings. The van der Waals surface area contributed by atoms with Crippen LogP contribution in [0.3, 0.4) is 0 Å². The topological polar surface area (TPSA) is 76.7 Å². The van der Waals surface area contributed by atoms with Crippen molar-refractivity contribution in [3.63, 3.8) is 0 Å². The van der Waals surface area contributed by atoms with Crippen molar-refractivity contribution in [1.82, 2.24) is 15.5 Å². The lowest BCUT2D eigenvalue weighted by Gasteiger charge is -2.38. The van der Waals surface area contributed by atoms with Gasteiger partial charge >= 0.3 is 6.03 Å². The van der Waals surface area contributed by atoms with Gasteiger partial charge in [0.05, 0.1) is 23.0 Å². The number of nitrogens with zero attached hydrogens (tertiary/aromatic N) is 2. The summed E-state index contributed by atoms with van der Waals surface area (Å²) in [5.41, 5.74) is 4.35. The minimum Gasteiger partial charge on any atom is -0.377 e. The highest BCUT2D eigenvalue weighted by Crippen LogP contribution is 2.32. The molecular weight excluding hydrogens is 522 g/mol. The van der Waals surface area contributed by atoms with Gasteiger partial charge < -0.3 is 20.9 Å². The van der Waals surface area contributed by atoms with E-state index in [9.17, 15) is 9.59 Å². The van der Waals surface area contributed by atoms with Crippen LogP contribution in [0, 0.1) is 0 Å². The molecule has 0 spiro atoms. The Balaban J connectivity index is 1.40. The fraction of sp³-hybridized carbons (Fsp3) is 0.429. The predicted molar refractivity (Wildman–Crippen MR) is 173 cm³/mol. The summed E-state index contributed by atoms with van der Waals surface area (Å²) in [6, 6.07) is 26.8. The molecule has 4 rings (SSSR count). The highest BCUT2D eigenvalue weighted by atomic mass is 16.2. The van der Waals surface area contributed by atoms with Crippen LogP contribution in [0.5, 0.6) is 0 Å². The Labute approximate surface area is 251 Å². The van der Waals surface area contributed by atoms with Gasteiger partial charge in [0.1, 0.15) is 0 Å². The van der Waals surface area contributed by atoms with Crippen molar-refractivity contribution in [3.8, 4) is 0 Å². The van der Waals surface area contributed by atoms with Gasteiger partial charge in [0.25, 0.3) is 5.91 Å². The molecule has 3 aromatic rings. The first-order chi connectivity index (χ1) is 20.5. The van der Waals surface area contributed by atoms with Crippen LogP contribution in [0.4, 0.5) is 16.2 Å². The van der Waals surface area contributed by atoms with E-state index >= 15 is 0 Å². The van der Waals surface area contributed by atoms with E-state index in [1.165, 1.54) is 30.4 Å². The van der Waals surface area contributed by atoms with Gasteiger partial charge in [0, 0.05) is 39.8 Å². The Kier molecular flexibility index (Phi) is 11.8. The largest absolute Gasteiger partial charge is 0.377 e. The summed E-state index contributed by atoms with van der Waals surface area (Å²) in [5.74, 6) is -0.157. The molecule has 3 amide bonds. The van der Waals surface area contributed by atoms with Gasteiger partial charge in [-0.2, -0.15) is 0 Å². The Hall–Kier alpha value is -3.84. The molecule has 0 atom stereocenters. The average Bonchev–Trinajstić information content (AvgIpc) is 3.01. The van der Waals surface area contributed by atoms with Crippen LogP contribution in [0.15, 0.2) is 78.9 Å². The number of carbonyl (C=O) groups excluding carboxylic acids is 2. The minimum atomic E-state index is -0.281. The molecule has 1 aliphatic rings. The highest BCUT2D eigenvalue weighted by Gasteiger charge is 2.29. The first kappa shape index (κ1) is 31.1. The van der Waals surface area contributed by atoms with Crippen LogP contribution in [0.25, 0.3) is 0 Å². The lowest BCUT2D eigenvalue weighted by molar-refractivity contribution is 0.0902. The highest BCUT2D eigenvalue weighted by molar-refractivity contribution is 6.08. The van der Waals surface area contributed by atoms with E-state index in [-0.39, 0.29) is 24.0 Å². The molecule has 42 heavy (non-hydrogen) atoms. The molecule has 0 radical (unpaired) electrons. The number of piperidine rings is 1. The third-order valence-electron chi connectivity index (χ3n) is 8.03. The molecule has 0 saturated carbocycles. The smallest absolute Gasteiger partial charge is 0.319 e. The zero-order valence-corrected chi connectivity index (χ0v) is 25.4. The number of unbranched alkanes of at least 4 members (excludes halogenated alkanes) is 4. The van der Waals surface area contributed by atoms with Gasteiger partial charge in [-0.1, -0.05) is 99.3 Å². The summed E-state index contributed by atoms with van der Waals surface area (Å²) >= 11 is 0. The minimum absolute atomic E-state index is 0.0564. The molecule has 1 aliphatic heterocycles. The summed E-state index contributed by atoms with van der Waals surface area (Å²) < 4.78 is 0. The lowest BCUT2D eigenvalue weighted by atomic mass is 9.94.